The highest BCUT2D eigenvalue weighted by atomic mass is 16.5. The summed E-state index contributed by atoms with van der Waals surface area (Å²) in [5.74, 6) is 1.09. The number of nitrogens with one attached hydrogen (secondary N) is 1. The molecule has 0 saturated carbocycles. The summed E-state index contributed by atoms with van der Waals surface area (Å²) in [6.07, 6.45) is 1.61. The van der Waals surface area contributed by atoms with Gasteiger partial charge in [0.1, 0.15) is 6.54 Å². The van der Waals surface area contributed by atoms with Gasteiger partial charge in [-0.25, -0.2) is 4.68 Å². The fourth-order valence-electron chi connectivity index (χ4n) is 1.93. The summed E-state index contributed by atoms with van der Waals surface area (Å²) in [6.45, 7) is 6.84. The summed E-state index contributed by atoms with van der Waals surface area (Å²) in [7, 11) is 0. The Morgan fingerprint density at radius 1 is 1.23 bits per heavy atom. The van der Waals surface area contributed by atoms with Gasteiger partial charge < -0.3 is 14.8 Å². The van der Waals surface area contributed by atoms with E-state index in [0.29, 0.717) is 30.4 Å². The number of carbonyl (C=O) groups excluding carboxylic acids is 1. The van der Waals surface area contributed by atoms with E-state index in [4.69, 9.17) is 9.47 Å². The summed E-state index contributed by atoms with van der Waals surface area (Å²) in [6, 6.07) is 5.31. The van der Waals surface area contributed by atoms with Crippen LogP contribution in [-0.4, -0.2) is 34.1 Å². The Labute approximate surface area is 129 Å². The number of nitrogens with zero attached hydrogens (tertiary/aromatic N) is 3. The summed E-state index contributed by atoms with van der Waals surface area (Å²) in [5.41, 5.74) is 1.48. The molecule has 1 N–H and O–H groups in total. The average molecular weight is 304 g/mol. The predicted molar refractivity (Wildman–Crippen MR) is 82.2 cm³/mol. The lowest BCUT2D eigenvalue weighted by Gasteiger charge is -2.13. The predicted octanol–water partition coefficient (Wildman–Crippen LogP) is 2.02. The van der Waals surface area contributed by atoms with E-state index in [9.17, 15) is 4.79 Å². The van der Waals surface area contributed by atoms with Crippen LogP contribution >= 0.6 is 0 Å². The van der Waals surface area contributed by atoms with Crippen molar-refractivity contribution >= 4 is 11.6 Å². The molecule has 0 unspecified atom stereocenters. The van der Waals surface area contributed by atoms with Gasteiger partial charge in [-0.15, -0.1) is 5.10 Å². The molecule has 7 heteroatoms. The number of ether oxygens (including phenoxy) is 2. The summed E-state index contributed by atoms with van der Waals surface area (Å²) < 4.78 is 12.6. The quantitative estimate of drug-likeness (QED) is 0.846. The fraction of sp³-hybridized carbons (Fsp3) is 0.400. The first-order valence-electron chi connectivity index (χ1n) is 7.18. The minimum Gasteiger partial charge on any atom is -0.490 e. The van der Waals surface area contributed by atoms with Crippen LogP contribution in [0.4, 0.5) is 5.69 Å². The summed E-state index contributed by atoms with van der Waals surface area (Å²) in [4.78, 5) is 12.0. The van der Waals surface area contributed by atoms with Crippen molar-refractivity contribution in [3.63, 3.8) is 0 Å². The maximum Gasteiger partial charge on any atom is 0.246 e. The van der Waals surface area contributed by atoms with Gasteiger partial charge in [-0.05, 0) is 32.9 Å². The van der Waals surface area contributed by atoms with Crippen molar-refractivity contribution in [3.05, 3.63) is 30.1 Å². The summed E-state index contributed by atoms with van der Waals surface area (Å²) in [5, 5.41) is 10.4. The smallest absolute Gasteiger partial charge is 0.246 e. The van der Waals surface area contributed by atoms with E-state index in [1.165, 1.54) is 4.68 Å². The number of hydrogen-bond acceptors (Lipinski definition) is 5. The molecule has 0 spiro atoms. The van der Waals surface area contributed by atoms with E-state index in [1.807, 2.05) is 20.8 Å². The molecule has 0 atom stereocenters. The lowest BCUT2D eigenvalue weighted by molar-refractivity contribution is -0.117. The molecule has 1 amide bonds. The standard InChI is InChI=1S/C15H20N4O3/c1-4-21-13-7-6-12(8-14(13)22-5-2)17-15(20)10-19-11(3)9-16-18-19/h6-9H,4-5,10H2,1-3H3,(H,17,20). The van der Waals surface area contributed by atoms with E-state index >= 15 is 0 Å². The molecule has 0 bridgehead atoms. The Hall–Kier alpha value is -2.57. The SMILES string of the molecule is CCOc1ccc(NC(=O)Cn2nncc2C)cc1OCC. The zero-order valence-corrected chi connectivity index (χ0v) is 13.0. The largest absolute Gasteiger partial charge is 0.490 e. The monoisotopic (exact) mass is 304 g/mol. The van der Waals surface area contributed by atoms with Crippen LogP contribution in [0.15, 0.2) is 24.4 Å². The Bertz CT molecular complexity index is 639. The Morgan fingerprint density at radius 2 is 1.95 bits per heavy atom. The molecule has 0 aliphatic rings. The van der Waals surface area contributed by atoms with Crippen LogP contribution in [0.3, 0.4) is 0 Å². The Morgan fingerprint density at radius 3 is 2.59 bits per heavy atom. The Balaban J connectivity index is 2.07. The van der Waals surface area contributed by atoms with Crippen LogP contribution in [0.25, 0.3) is 0 Å². The van der Waals surface area contributed by atoms with Gasteiger partial charge in [-0.3, -0.25) is 4.79 Å². The first-order chi connectivity index (χ1) is 10.6. The van der Waals surface area contributed by atoms with Gasteiger partial charge in [0.2, 0.25) is 5.91 Å². The van der Waals surface area contributed by atoms with Crippen LogP contribution in [-0.2, 0) is 11.3 Å². The number of amides is 1. The van der Waals surface area contributed by atoms with Crippen LogP contribution in [0.1, 0.15) is 19.5 Å². The second-order valence-corrected chi connectivity index (χ2v) is 4.61. The maximum absolute atomic E-state index is 12.0. The molecule has 1 aromatic carbocycles. The molecule has 1 heterocycles. The van der Waals surface area contributed by atoms with Crippen molar-refractivity contribution in [2.24, 2.45) is 0 Å². The molecule has 7 nitrogen and oxygen atoms in total. The molecule has 0 saturated heterocycles. The fourth-order valence-corrected chi connectivity index (χ4v) is 1.93. The second kappa shape index (κ2) is 7.44. The lowest BCUT2D eigenvalue weighted by atomic mass is 10.2. The topological polar surface area (TPSA) is 78.3 Å². The van der Waals surface area contributed by atoms with Crippen molar-refractivity contribution < 1.29 is 14.3 Å². The van der Waals surface area contributed by atoms with Crippen LogP contribution in [0.5, 0.6) is 11.5 Å². The third kappa shape index (κ3) is 3.97. The highest BCUT2D eigenvalue weighted by Crippen LogP contribution is 2.30. The van der Waals surface area contributed by atoms with Crippen molar-refractivity contribution in [3.8, 4) is 11.5 Å². The highest BCUT2D eigenvalue weighted by Gasteiger charge is 2.10. The lowest BCUT2D eigenvalue weighted by Crippen LogP contribution is -2.20. The number of anilines is 1. The number of aryl methyl sites for hydroxylation is 1. The van der Waals surface area contributed by atoms with Gasteiger partial charge in [0, 0.05) is 11.8 Å². The van der Waals surface area contributed by atoms with Crippen molar-refractivity contribution in [1.29, 1.82) is 0 Å². The number of rotatable bonds is 7. The van der Waals surface area contributed by atoms with Gasteiger partial charge in [-0.1, -0.05) is 5.21 Å². The number of hydrogen-bond donors (Lipinski definition) is 1. The van der Waals surface area contributed by atoms with Gasteiger partial charge in [-0.2, -0.15) is 0 Å². The highest BCUT2D eigenvalue weighted by molar-refractivity contribution is 5.90. The van der Waals surface area contributed by atoms with E-state index < -0.39 is 0 Å². The molecule has 0 fully saturated rings. The molecular formula is C15H20N4O3. The van der Waals surface area contributed by atoms with E-state index in [-0.39, 0.29) is 12.5 Å². The number of carbonyl (C=O) groups is 1. The van der Waals surface area contributed by atoms with E-state index in [2.05, 4.69) is 15.6 Å². The molecular weight excluding hydrogens is 284 g/mol. The third-order valence-electron chi connectivity index (χ3n) is 2.93. The minimum atomic E-state index is -0.180. The number of benzene rings is 1. The van der Waals surface area contributed by atoms with Gasteiger partial charge in [0.05, 0.1) is 25.1 Å². The molecule has 2 aromatic rings. The normalized spacial score (nSPS) is 10.3. The molecule has 2 rings (SSSR count). The molecule has 22 heavy (non-hydrogen) atoms. The van der Waals surface area contributed by atoms with Crippen molar-refractivity contribution in [2.75, 3.05) is 18.5 Å². The molecule has 0 aliphatic heterocycles. The summed E-state index contributed by atoms with van der Waals surface area (Å²) >= 11 is 0. The van der Waals surface area contributed by atoms with Gasteiger partial charge in [0.15, 0.2) is 11.5 Å². The third-order valence-corrected chi connectivity index (χ3v) is 2.93. The first-order valence-corrected chi connectivity index (χ1v) is 7.18. The van der Waals surface area contributed by atoms with Crippen LogP contribution < -0.4 is 14.8 Å². The van der Waals surface area contributed by atoms with Crippen molar-refractivity contribution in [1.82, 2.24) is 15.0 Å². The van der Waals surface area contributed by atoms with Gasteiger partial charge in [0.25, 0.3) is 0 Å². The molecule has 0 radical (unpaired) electrons. The van der Waals surface area contributed by atoms with Crippen LogP contribution in [0.2, 0.25) is 0 Å². The zero-order chi connectivity index (χ0) is 15.9. The Kier molecular flexibility index (Phi) is 5.35. The zero-order valence-electron chi connectivity index (χ0n) is 13.0. The van der Waals surface area contributed by atoms with Gasteiger partial charge >= 0.3 is 0 Å². The van der Waals surface area contributed by atoms with E-state index in [1.54, 1.807) is 24.4 Å². The van der Waals surface area contributed by atoms with Crippen LogP contribution in [0, 0.1) is 6.92 Å². The molecule has 0 aliphatic carbocycles. The number of aromatic nitrogens is 3. The van der Waals surface area contributed by atoms with E-state index in [0.717, 1.165) is 5.69 Å². The molecule has 1 aromatic heterocycles. The maximum atomic E-state index is 12.0. The molecule has 118 valence electrons. The first kappa shape index (κ1) is 15.8. The minimum absolute atomic E-state index is 0.114. The second-order valence-electron chi connectivity index (χ2n) is 4.61. The van der Waals surface area contributed by atoms with Crippen molar-refractivity contribution in [2.45, 2.75) is 27.3 Å². The average Bonchev–Trinajstić information content (AvgIpc) is 2.87.